The predicted octanol–water partition coefficient (Wildman–Crippen LogP) is 4.70. The summed E-state index contributed by atoms with van der Waals surface area (Å²) in [5.74, 6) is 0.621. The van der Waals surface area contributed by atoms with Gasteiger partial charge in [0.15, 0.2) is 0 Å². The number of nitrogens with one attached hydrogen (secondary N) is 1. The first-order valence-electron chi connectivity index (χ1n) is 7.59. The Labute approximate surface area is 146 Å². The van der Waals surface area contributed by atoms with Gasteiger partial charge in [-0.2, -0.15) is 5.26 Å². The predicted molar refractivity (Wildman–Crippen MR) is 97.8 cm³/mol. The highest BCUT2D eigenvalue weighted by Crippen LogP contribution is 2.19. The smallest absolute Gasteiger partial charge is 0.248 e. The van der Waals surface area contributed by atoms with Crippen molar-refractivity contribution in [2.75, 3.05) is 11.9 Å². The van der Waals surface area contributed by atoms with E-state index in [4.69, 9.17) is 10.00 Å². The van der Waals surface area contributed by atoms with E-state index >= 15 is 0 Å². The Bertz CT molecular complexity index is 731. The van der Waals surface area contributed by atoms with Crippen molar-refractivity contribution in [3.05, 3.63) is 60.2 Å². The van der Waals surface area contributed by atoms with Crippen LogP contribution in [0, 0.1) is 10.7 Å². The Hall–Kier alpha value is -2.71. The minimum absolute atomic E-state index is 0.206. The molecule has 0 aliphatic carbocycles. The summed E-state index contributed by atoms with van der Waals surface area (Å²) in [6.07, 6.45) is 4.21. The molecule has 4 nitrogen and oxygen atoms in total. The Morgan fingerprint density at radius 1 is 1.21 bits per heavy atom. The van der Waals surface area contributed by atoms with Gasteiger partial charge >= 0.3 is 0 Å². The lowest BCUT2D eigenvalue weighted by Gasteiger charge is -2.04. The molecule has 0 unspecified atom stereocenters. The van der Waals surface area contributed by atoms with Gasteiger partial charge in [0.25, 0.3) is 0 Å². The second-order valence-corrected chi connectivity index (χ2v) is 5.82. The number of hydrogen-bond acceptors (Lipinski definition) is 4. The summed E-state index contributed by atoms with van der Waals surface area (Å²) in [4.78, 5) is 12.8. The first kappa shape index (κ1) is 17.6. The van der Waals surface area contributed by atoms with Crippen LogP contribution in [0.2, 0.25) is 0 Å². The number of nitrogens with zero attached hydrogens (tertiary/aromatic N) is 1. The highest BCUT2D eigenvalue weighted by Gasteiger charge is 1.99. The van der Waals surface area contributed by atoms with E-state index in [1.807, 2.05) is 29.7 Å². The van der Waals surface area contributed by atoms with E-state index < -0.39 is 0 Å². The number of ether oxygens (including phenoxy) is 1. The van der Waals surface area contributed by atoms with Crippen LogP contribution in [0.3, 0.4) is 0 Å². The van der Waals surface area contributed by atoms with E-state index in [0.29, 0.717) is 12.3 Å². The zero-order valence-corrected chi connectivity index (χ0v) is 14.2. The lowest BCUT2D eigenvalue weighted by molar-refractivity contribution is -0.111. The molecule has 0 saturated heterocycles. The van der Waals surface area contributed by atoms with Crippen LogP contribution in [0.1, 0.15) is 18.9 Å². The van der Waals surface area contributed by atoms with Gasteiger partial charge in [-0.05, 0) is 66.2 Å². The fourth-order valence-corrected chi connectivity index (χ4v) is 2.29. The van der Waals surface area contributed by atoms with E-state index in [1.165, 1.54) is 6.08 Å². The Morgan fingerprint density at radius 2 is 1.92 bits per heavy atom. The molecule has 0 aliphatic heterocycles. The van der Waals surface area contributed by atoms with Crippen LogP contribution in [-0.4, -0.2) is 12.5 Å². The quantitative estimate of drug-likeness (QED) is 0.451. The number of hydrogen-bond donors (Lipinski definition) is 1. The van der Waals surface area contributed by atoms with Gasteiger partial charge in [-0.25, -0.2) is 0 Å². The summed E-state index contributed by atoms with van der Waals surface area (Å²) in [5.41, 5.74) is 1.62. The molecular weight excluding hydrogens is 320 g/mol. The zero-order valence-electron chi connectivity index (χ0n) is 13.4. The maximum Gasteiger partial charge on any atom is 0.248 e. The fraction of sp³-hybridized carbons (Fsp3) is 0.158. The van der Waals surface area contributed by atoms with Gasteiger partial charge in [0.2, 0.25) is 5.91 Å². The van der Waals surface area contributed by atoms with Crippen molar-refractivity contribution in [3.63, 3.8) is 0 Å². The summed E-state index contributed by atoms with van der Waals surface area (Å²) in [6.45, 7) is 2.76. The zero-order chi connectivity index (χ0) is 17.2. The lowest BCUT2D eigenvalue weighted by Crippen LogP contribution is -2.07. The lowest BCUT2D eigenvalue weighted by atomic mass is 10.2. The van der Waals surface area contributed by atoms with Crippen molar-refractivity contribution in [2.45, 2.75) is 18.2 Å². The van der Waals surface area contributed by atoms with Crippen molar-refractivity contribution in [3.8, 4) is 11.2 Å². The summed E-state index contributed by atoms with van der Waals surface area (Å²) in [7, 11) is 0. The third-order valence-electron chi connectivity index (χ3n) is 3.07. The molecule has 2 aromatic carbocycles. The van der Waals surface area contributed by atoms with Crippen LogP contribution in [0.4, 0.5) is 5.69 Å². The molecule has 24 heavy (non-hydrogen) atoms. The molecule has 1 amide bonds. The molecule has 0 spiro atoms. The summed E-state index contributed by atoms with van der Waals surface area (Å²) < 4.78 is 5.52. The largest absolute Gasteiger partial charge is 0.494 e. The minimum Gasteiger partial charge on any atom is -0.494 e. The Kier molecular flexibility index (Phi) is 6.93. The number of benzene rings is 2. The monoisotopic (exact) mass is 338 g/mol. The van der Waals surface area contributed by atoms with E-state index in [-0.39, 0.29) is 5.91 Å². The summed E-state index contributed by atoms with van der Waals surface area (Å²) in [5, 5.41) is 13.4. The van der Waals surface area contributed by atoms with Gasteiger partial charge in [0.1, 0.15) is 11.2 Å². The maximum absolute atomic E-state index is 11.9. The van der Waals surface area contributed by atoms with Gasteiger partial charge in [-0.1, -0.05) is 19.1 Å². The third kappa shape index (κ3) is 5.82. The average molecular weight is 338 g/mol. The number of anilines is 1. The number of carbonyl (C=O) groups excluding carboxylic acids is 1. The summed E-state index contributed by atoms with van der Waals surface area (Å²) in [6, 6.07) is 14.7. The highest BCUT2D eigenvalue weighted by atomic mass is 32.2. The Morgan fingerprint density at radius 3 is 2.54 bits per heavy atom. The van der Waals surface area contributed by atoms with Gasteiger partial charge in [0, 0.05) is 16.7 Å². The maximum atomic E-state index is 11.9. The molecule has 1 N–H and O–H groups in total. The normalized spacial score (nSPS) is 10.3. The van der Waals surface area contributed by atoms with Crippen molar-refractivity contribution in [1.82, 2.24) is 0 Å². The Balaban J connectivity index is 1.89. The molecule has 0 aliphatic rings. The molecule has 5 heteroatoms. The van der Waals surface area contributed by atoms with Crippen LogP contribution in [0.25, 0.3) is 6.08 Å². The number of thiocyanates is 1. The molecule has 2 aromatic rings. The van der Waals surface area contributed by atoms with Crippen LogP contribution < -0.4 is 10.1 Å². The third-order valence-corrected chi connectivity index (χ3v) is 3.66. The second-order valence-electron chi connectivity index (χ2n) is 4.96. The van der Waals surface area contributed by atoms with Gasteiger partial charge in [-0.15, -0.1) is 0 Å². The second kappa shape index (κ2) is 9.43. The number of nitriles is 1. The summed E-state index contributed by atoms with van der Waals surface area (Å²) >= 11 is 1.08. The topological polar surface area (TPSA) is 62.1 Å². The van der Waals surface area contributed by atoms with E-state index in [9.17, 15) is 4.79 Å². The molecule has 122 valence electrons. The van der Waals surface area contributed by atoms with Crippen molar-refractivity contribution < 1.29 is 9.53 Å². The molecule has 0 atom stereocenters. The van der Waals surface area contributed by atoms with Crippen molar-refractivity contribution >= 4 is 29.4 Å². The number of thioether (sulfide) groups is 1. The van der Waals surface area contributed by atoms with Crippen molar-refractivity contribution in [1.29, 1.82) is 5.26 Å². The highest BCUT2D eigenvalue weighted by molar-refractivity contribution is 8.03. The van der Waals surface area contributed by atoms with Crippen LogP contribution in [0.5, 0.6) is 5.75 Å². The standard InChI is InChI=1S/C19H18N2O2S/c1-2-13-23-17-8-3-15(4-9-17)5-12-19(22)21-16-6-10-18(11-7-16)24-14-20/h3-12H,2,13H2,1H3,(H,21,22)/b12-5+. The van der Waals surface area contributed by atoms with Crippen LogP contribution >= 0.6 is 11.8 Å². The molecule has 2 rings (SSSR count). The molecular formula is C19H18N2O2S. The first-order chi connectivity index (χ1) is 11.7. The molecule has 0 heterocycles. The van der Waals surface area contributed by atoms with E-state index in [0.717, 1.165) is 34.4 Å². The van der Waals surface area contributed by atoms with E-state index in [1.54, 1.807) is 30.3 Å². The van der Waals surface area contributed by atoms with E-state index in [2.05, 4.69) is 12.2 Å². The molecule has 0 radical (unpaired) electrons. The molecule has 0 aromatic heterocycles. The number of rotatable bonds is 7. The average Bonchev–Trinajstić information content (AvgIpc) is 2.61. The van der Waals surface area contributed by atoms with Gasteiger partial charge < -0.3 is 10.1 Å². The van der Waals surface area contributed by atoms with Gasteiger partial charge in [0.05, 0.1) is 6.61 Å². The number of carbonyl (C=O) groups is 1. The van der Waals surface area contributed by atoms with Crippen LogP contribution in [0.15, 0.2) is 59.5 Å². The fourth-order valence-electron chi connectivity index (χ4n) is 1.91. The van der Waals surface area contributed by atoms with Gasteiger partial charge in [-0.3, -0.25) is 4.79 Å². The molecule has 0 bridgehead atoms. The van der Waals surface area contributed by atoms with Crippen LogP contribution in [-0.2, 0) is 4.79 Å². The van der Waals surface area contributed by atoms with Crippen molar-refractivity contribution in [2.24, 2.45) is 0 Å². The first-order valence-corrected chi connectivity index (χ1v) is 8.41. The minimum atomic E-state index is -0.206. The molecule has 0 saturated carbocycles. The SMILES string of the molecule is CCCOc1ccc(/C=C/C(=O)Nc2ccc(SC#N)cc2)cc1. The number of amides is 1. The molecule has 0 fully saturated rings.